The van der Waals surface area contributed by atoms with Crippen molar-refractivity contribution in [3.8, 4) is 0 Å². The van der Waals surface area contributed by atoms with Crippen LogP contribution in [0.5, 0.6) is 0 Å². The molecule has 2 aromatic rings. The lowest BCUT2D eigenvalue weighted by atomic mass is 9.76. The second-order valence-corrected chi connectivity index (χ2v) is 9.29. The Labute approximate surface area is 160 Å². The van der Waals surface area contributed by atoms with Crippen LogP contribution < -0.4 is 10.5 Å². The van der Waals surface area contributed by atoms with Crippen LogP contribution in [0.15, 0.2) is 39.6 Å². The van der Waals surface area contributed by atoms with Crippen LogP contribution in [0.3, 0.4) is 0 Å². The van der Waals surface area contributed by atoms with Crippen LogP contribution >= 0.6 is 0 Å². The highest BCUT2D eigenvalue weighted by Crippen LogP contribution is 2.40. The minimum Gasteiger partial charge on any atom is -0.305 e. The molecule has 0 fully saturated rings. The normalized spacial score (nSPS) is 16.4. The van der Waals surface area contributed by atoms with Crippen LogP contribution in [0.1, 0.15) is 27.8 Å². The van der Waals surface area contributed by atoms with Gasteiger partial charge in [0.1, 0.15) is 9.92 Å². The first-order valence-electron chi connectivity index (χ1n) is 9.09. The summed E-state index contributed by atoms with van der Waals surface area (Å²) in [5, 5.41) is 8.75. The Morgan fingerprint density at radius 3 is 2.19 bits per heavy atom. The third kappa shape index (κ3) is 3.50. The lowest BCUT2D eigenvalue weighted by molar-refractivity contribution is 0.260. The monoisotopic (exact) mass is 384 g/mol. The van der Waals surface area contributed by atoms with Gasteiger partial charge in [-0.1, -0.05) is 18.2 Å². The summed E-state index contributed by atoms with van der Waals surface area (Å²) >= 11 is 0. The van der Waals surface area contributed by atoms with Crippen LogP contribution in [-0.4, -0.2) is 29.2 Å². The van der Waals surface area contributed by atoms with E-state index < -0.39 is 15.9 Å². The van der Waals surface area contributed by atoms with Gasteiger partial charge in [-0.05, 0) is 79.7 Å². The third-order valence-corrected chi connectivity index (χ3v) is 6.61. The molecule has 142 valence electrons. The number of urea groups is 1. The zero-order valence-electron chi connectivity index (χ0n) is 15.6. The first-order chi connectivity index (χ1) is 12.8. The van der Waals surface area contributed by atoms with E-state index >= 15 is 0 Å². The first-order valence-corrected chi connectivity index (χ1v) is 10.7. The standard InChI is InChI=1S/C20H24N4O2S/c1-24(2)12-13-3-7-16(8-4-13)27(21,26)23-20(25)22-19-17-9-5-14(17)11-15-6-10-18(15)19/h3-4,7-8,11H,5-6,9-10,12H2,1-2H3,(H3,21,22,23,25,26)/t27-/m1/s1. The number of hydrogen-bond donors (Lipinski definition) is 2. The summed E-state index contributed by atoms with van der Waals surface area (Å²) in [6.45, 7) is 0.772. The molecule has 0 saturated heterocycles. The summed E-state index contributed by atoms with van der Waals surface area (Å²) < 4.78 is 16.6. The van der Waals surface area contributed by atoms with Crippen molar-refractivity contribution in [1.29, 1.82) is 0 Å². The molecule has 0 heterocycles. The average Bonchev–Trinajstić information content (AvgIpc) is 2.51. The molecule has 27 heavy (non-hydrogen) atoms. The topological polar surface area (TPSA) is 87.8 Å². The van der Waals surface area contributed by atoms with Gasteiger partial charge in [0.25, 0.3) is 0 Å². The largest absolute Gasteiger partial charge is 0.354 e. The Morgan fingerprint density at radius 2 is 1.70 bits per heavy atom. The van der Waals surface area contributed by atoms with E-state index in [1.165, 1.54) is 22.3 Å². The SMILES string of the molecule is CN(C)Cc1ccc([S@](N)(=O)=NC(=O)Nc2c3c(cc4c2CC4)CC3)cc1. The van der Waals surface area contributed by atoms with Crippen molar-refractivity contribution in [2.24, 2.45) is 9.50 Å². The second-order valence-electron chi connectivity index (χ2n) is 7.50. The summed E-state index contributed by atoms with van der Waals surface area (Å²) in [5.41, 5.74) is 6.92. The molecule has 0 spiro atoms. The van der Waals surface area contributed by atoms with Gasteiger partial charge in [-0.15, -0.1) is 4.36 Å². The number of nitrogens with two attached hydrogens (primary N) is 1. The molecule has 0 saturated carbocycles. The molecule has 0 bridgehead atoms. The molecule has 0 aromatic heterocycles. The fraction of sp³-hybridized carbons (Fsp3) is 0.350. The highest BCUT2D eigenvalue weighted by atomic mass is 32.2. The van der Waals surface area contributed by atoms with Gasteiger partial charge in [0.2, 0.25) is 0 Å². The molecule has 0 aliphatic heterocycles. The molecular formula is C20H24N4O2S. The Balaban J connectivity index is 1.56. The fourth-order valence-electron chi connectivity index (χ4n) is 3.68. The van der Waals surface area contributed by atoms with E-state index in [1.807, 2.05) is 31.1 Å². The van der Waals surface area contributed by atoms with Crippen LogP contribution in [0.2, 0.25) is 0 Å². The van der Waals surface area contributed by atoms with Crippen molar-refractivity contribution in [1.82, 2.24) is 4.90 Å². The summed E-state index contributed by atoms with van der Waals surface area (Å²) in [6, 6.07) is 8.68. The number of rotatable bonds is 4. The number of anilines is 1. The molecule has 3 N–H and O–H groups in total. The van der Waals surface area contributed by atoms with Crippen LogP contribution in [0.4, 0.5) is 10.5 Å². The number of amides is 2. The van der Waals surface area contributed by atoms with Crippen molar-refractivity contribution >= 4 is 21.6 Å². The maximum Gasteiger partial charge on any atom is 0.354 e. The minimum absolute atomic E-state index is 0.356. The van der Waals surface area contributed by atoms with Crippen molar-refractivity contribution in [3.63, 3.8) is 0 Å². The zero-order valence-corrected chi connectivity index (χ0v) is 16.4. The van der Waals surface area contributed by atoms with E-state index in [1.54, 1.807) is 12.1 Å². The molecule has 2 aliphatic rings. The van der Waals surface area contributed by atoms with Crippen molar-refractivity contribution in [3.05, 3.63) is 58.1 Å². The molecule has 4 rings (SSSR count). The van der Waals surface area contributed by atoms with Gasteiger partial charge in [-0.2, -0.15) is 0 Å². The smallest absolute Gasteiger partial charge is 0.305 e. The number of fused-ring (bicyclic) bond motifs is 2. The number of nitrogens with zero attached hydrogens (tertiary/aromatic N) is 2. The Hall–Kier alpha value is -2.22. The van der Waals surface area contributed by atoms with Gasteiger partial charge in [-0.25, -0.2) is 14.1 Å². The molecule has 1 atom stereocenters. The number of hydrogen-bond acceptors (Lipinski definition) is 3. The Bertz CT molecular complexity index is 1000. The van der Waals surface area contributed by atoms with Crippen molar-refractivity contribution < 1.29 is 9.00 Å². The van der Waals surface area contributed by atoms with Crippen LogP contribution in [-0.2, 0) is 42.1 Å². The van der Waals surface area contributed by atoms with E-state index in [0.717, 1.165) is 43.5 Å². The molecule has 2 aliphatic carbocycles. The maximum atomic E-state index is 12.8. The highest BCUT2D eigenvalue weighted by molar-refractivity contribution is 7.91. The van der Waals surface area contributed by atoms with Crippen molar-refractivity contribution in [2.75, 3.05) is 19.4 Å². The van der Waals surface area contributed by atoms with E-state index in [4.69, 9.17) is 5.14 Å². The minimum atomic E-state index is -3.29. The van der Waals surface area contributed by atoms with Gasteiger partial charge < -0.3 is 10.2 Å². The maximum absolute atomic E-state index is 12.8. The second kappa shape index (κ2) is 6.74. The molecular weight excluding hydrogens is 360 g/mol. The highest BCUT2D eigenvalue weighted by Gasteiger charge is 2.28. The molecule has 7 heteroatoms. The predicted molar refractivity (Wildman–Crippen MR) is 107 cm³/mol. The predicted octanol–water partition coefficient (Wildman–Crippen LogP) is 2.88. The third-order valence-electron chi connectivity index (χ3n) is 5.23. The van der Waals surface area contributed by atoms with Gasteiger partial charge in [0.15, 0.2) is 0 Å². The Morgan fingerprint density at radius 1 is 1.11 bits per heavy atom. The van der Waals surface area contributed by atoms with Gasteiger partial charge in [0.05, 0.1) is 4.90 Å². The average molecular weight is 385 g/mol. The summed E-state index contributed by atoms with van der Waals surface area (Å²) in [4.78, 5) is 14.8. The fourth-order valence-corrected chi connectivity index (χ4v) is 4.61. The summed E-state index contributed by atoms with van der Waals surface area (Å²) in [5.74, 6) is 0. The van der Waals surface area contributed by atoms with Crippen molar-refractivity contribution in [2.45, 2.75) is 37.1 Å². The molecule has 0 radical (unpaired) electrons. The molecule has 2 amide bonds. The Kier molecular flexibility index (Phi) is 4.53. The van der Waals surface area contributed by atoms with E-state index in [2.05, 4.69) is 15.7 Å². The first kappa shape index (κ1) is 18.2. The van der Waals surface area contributed by atoms with E-state index in [0.29, 0.717) is 4.90 Å². The molecule has 2 aromatic carbocycles. The van der Waals surface area contributed by atoms with Crippen LogP contribution in [0, 0.1) is 0 Å². The molecule has 6 nitrogen and oxygen atoms in total. The van der Waals surface area contributed by atoms with Gasteiger partial charge >= 0.3 is 6.03 Å². The number of carbonyl (C=O) groups is 1. The zero-order chi connectivity index (χ0) is 19.2. The van der Waals surface area contributed by atoms with Gasteiger partial charge in [0, 0.05) is 12.2 Å². The number of nitrogens with one attached hydrogen (secondary N) is 1. The van der Waals surface area contributed by atoms with Crippen LogP contribution in [0.25, 0.3) is 0 Å². The van der Waals surface area contributed by atoms with Gasteiger partial charge in [-0.3, -0.25) is 0 Å². The van der Waals surface area contributed by atoms with E-state index in [9.17, 15) is 9.00 Å². The summed E-state index contributed by atoms with van der Waals surface area (Å²) in [7, 11) is 0.671. The number of benzene rings is 2. The number of aryl methyl sites for hydroxylation is 2. The lowest BCUT2D eigenvalue weighted by Crippen LogP contribution is -2.24. The van der Waals surface area contributed by atoms with E-state index in [-0.39, 0.29) is 0 Å². The lowest BCUT2D eigenvalue weighted by Gasteiger charge is -2.31. The summed E-state index contributed by atoms with van der Waals surface area (Å²) in [6.07, 6.45) is 4.03. The number of carbonyl (C=O) groups excluding carboxylic acids is 1. The quantitative estimate of drug-likeness (QED) is 0.850. The molecule has 0 unspecified atom stereocenters.